The van der Waals surface area contributed by atoms with Gasteiger partial charge >= 0.3 is 0 Å². The van der Waals surface area contributed by atoms with Gasteiger partial charge in [0.2, 0.25) is 0 Å². The van der Waals surface area contributed by atoms with Gasteiger partial charge in [-0.1, -0.05) is 31.5 Å². The smallest absolute Gasteiger partial charge is 0.0366 e. The van der Waals surface area contributed by atoms with Crippen molar-refractivity contribution in [3.8, 4) is 0 Å². The van der Waals surface area contributed by atoms with Crippen LogP contribution in [0.15, 0.2) is 30.3 Å². The van der Waals surface area contributed by atoms with E-state index in [0.717, 1.165) is 25.0 Å². The predicted octanol–water partition coefficient (Wildman–Crippen LogP) is 3.29. The van der Waals surface area contributed by atoms with Crippen LogP contribution in [0.3, 0.4) is 0 Å². The molecule has 0 saturated heterocycles. The summed E-state index contributed by atoms with van der Waals surface area (Å²) in [4.78, 5) is 2.51. The molecule has 100 valence electrons. The van der Waals surface area contributed by atoms with E-state index in [-0.39, 0.29) is 0 Å². The number of rotatable bonds is 6. The molecule has 0 aliphatic heterocycles. The largest absolute Gasteiger partial charge is 0.371 e. The molecule has 2 rings (SSSR count). The van der Waals surface area contributed by atoms with Gasteiger partial charge < -0.3 is 10.2 Å². The zero-order valence-electron chi connectivity index (χ0n) is 11.7. The first-order valence-corrected chi connectivity index (χ1v) is 7.38. The molecule has 0 bridgehead atoms. The highest BCUT2D eigenvalue weighted by Crippen LogP contribution is 2.28. The van der Waals surface area contributed by atoms with Crippen LogP contribution in [0.2, 0.25) is 0 Å². The third-order valence-electron chi connectivity index (χ3n) is 4.08. The first-order valence-electron chi connectivity index (χ1n) is 7.38. The van der Waals surface area contributed by atoms with Crippen LogP contribution in [0.1, 0.15) is 33.1 Å². The number of nitrogens with zero attached hydrogens (tertiary/aromatic N) is 1. The normalized spacial score (nSPS) is 23.2. The lowest BCUT2D eigenvalue weighted by molar-refractivity contribution is 0.407. The summed E-state index contributed by atoms with van der Waals surface area (Å²) < 4.78 is 0. The molecule has 2 atom stereocenters. The fraction of sp³-hybridized carbons (Fsp3) is 0.625. The maximum atomic E-state index is 3.65. The van der Waals surface area contributed by atoms with Crippen molar-refractivity contribution in [1.82, 2.24) is 5.32 Å². The van der Waals surface area contributed by atoms with Crippen molar-refractivity contribution in [2.45, 2.75) is 39.2 Å². The Kier molecular flexibility index (Phi) is 5.06. The molecule has 1 aliphatic carbocycles. The second kappa shape index (κ2) is 6.79. The number of hydrogen-bond donors (Lipinski definition) is 1. The highest BCUT2D eigenvalue weighted by Gasteiger charge is 2.27. The number of nitrogens with one attached hydrogen (secondary N) is 1. The standard InChI is InChI=1S/C16H26N2/c1-3-17-16-12-8-9-14(16)13-18(4-2)15-10-6-5-7-11-15/h5-7,10-11,14,16-17H,3-4,8-9,12-13H2,1-2H3. The lowest BCUT2D eigenvalue weighted by Crippen LogP contribution is -2.39. The first-order chi connectivity index (χ1) is 8.85. The summed E-state index contributed by atoms with van der Waals surface area (Å²) in [5, 5.41) is 3.65. The zero-order valence-corrected chi connectivity index (χ0v) is 11.7. The molecular formula is C16H26N2. The van der Waals surface area contributed by atoms with Gasteiger partial charge in [0.25, 0.3) is 0 Å². The van der Waals surface area contributed by atoms with Gasteiger partial charge in [-0.15, -0.1) is 0 Å². The Labute approximate surface area is 111 Å². The van der Waals surface area contributed by atoms with Crippen molar-refractivity contribution < 1.29 is 0 Å². The van der Waals surface area contributed by atoms with Gasteiger partial charge in [0.15, 0.2) is 0 Å². The maximum absolute atomic E-state index is 3.65. The molecule has 0 radical (unpaired) electrons. The molecule has 0 spiro atoms. The highest BCUT2D eigenvalue weighted by molar-refractivity contribution is 5.45. The second-order valence-electron chi connectivity index (χ2n) is 5.23. The number of hydrogen-bond acceptors (Lipinski definition) is 2. The Bertz CT molecular complexity index is 336. The molecule has 1 saturated carbocycles. The summed E-state index contributed by atoms with van der Waals surface area (Å²) in [6.07, 6.45) is 4.11. The van der Waals surface area contributed by atoms with Gasteiger partial charge in [-0.05, 0) is 44.4 Å². The molecule has 0 amide bonds. The lowest BCUT2D eigenvalue weighted by atomic mass is 10.0. The molecule has 1 aromatic rings. The van der Waals surface area contributed by atoms with E-state index in [0.29, 0.717) is 0 Å². The second-order valence-corrected chi connectivity index (χ2v) is 5.23. The van der Waals surface area contributed by atoms with E-state index >= 15 is 0 Å². The van der Waals surface area contributed by atoms with E-state index in [1.807, 2.05) is 0 Å². The van der Waals surface area contributed by atoms with Gasteiger partial charge in [-0.25, -0.2) is 0 Å². The van der Waals surface area contributed by atoms with Crippen LogP contribution in [0.5, 0.6) is 0 Å². The van der Waals surface area contributed by atoms with Crippen LogP contribution in [-0.2, 0) is 0 Å². The van der Waals surface area contributed by atoms with E-state index in [9.17, 15) is 0 Å². The molecule has 1 aliphatic rings. The summed E-state index contributed by atoms with van der Waals surface area (Å²) in [6, 6.07) is 11.5. The topological polar surface area (TPSA) is 15.3 Å². The Hall–Kier alpha value is -1.02. The highest BCUT2D eigenvalue weighted by atomic mass is 15.1. The minimum absolute atomic E-state index is 0.729. The Morgan fingerprint density at radius 2 is 1.94 bits per heavy atom. The number of benzene rings is 1. The Balaban J connectivity index is 1.98. The fourth-order valence-electron chi connectivity index (χ4n) is 3.13. The van der Waals surface area contributed by atoms with Gasteiger partial charge in [0.05, 0.1) is 0 Å². The van der Waals surface area contributed by atoms with E-state index in [4.69, 9.17) is 0 Å². The lowest BCUT2D eigenvalue weighted by Gasteiger charge is -2.29. The van der Waals surface area contributed by atoms with Crippen LogP contribution in [0.4, 0.5) is 5.69 Å². The fourth-order valence-corrected chi connectivity index (χ4v) is 3.13. The van der Waals surface area contributed by atoms with Crippen LogP contribution in [0.25, 0.3) is 0 Å². The van der Waals surface area contributed by atoms with Gasteiger partial charge in [0, 0.05) is 24.8 Å². The molecule has 1 aromatic carbocycles. The molecular weight excluding hydrogens is 220 g/mol. The molecule has 0 aromatic heterocycles. The predicted molar refractivity (Wildman–Crippen MR) is 79.1 cm³/mol. The van der Waals surface area contributed by atoms with Gasteiger partial charge in [-0.2, -0.15) is 0 Å². The molecule has 2 nitrogen and oxygen atoms in total. The average molecular weight is 246 g/mol. The summed E-state index contributed by atoms with van der Waals surface area (Å²) in [7, 11) is 0. The van der Waals surface area contributed by atoms with Crippen LogP contribution in [-0.4, -0.2) is 25.7 Å². The van der Waals surface area contributed by atoms with E-state index in [2.05, 4.69) is 54.4 Å². The maximum Gasteiger partial charge on any atom is 0.0366 e. The average Bonchev–Trinajstić information content (AvgIpc) is 2.85. The van der Waals surface area contributed by atoms with Crippen molar-refractivity contribution in [2.75, 3.05) is 24.5 Å². The molecule has 18 heavy (non-hydrogen) atoms. The number of anilines is 1. The quantitative estimate of drug-likeness (QED) is 0.828. The van der Waals surface area contributed by atoms with Gasteiger partial charge in [0.1, 0.15) is 0 Å². The van der Waals surface area contributed by atoms with E-state index in [1.54, 1.807) is 0 Å². The summed E-state index contributed by atoms with van der Waals surface area (Å²) in [6.45, 7) is 7.85. The zero-order chi connectivity index (χ0) is 12.8. The summed E-state index contributed by atoms with van der Waals surface area (Å²) in [5.74, 6) is 0.810. The monoisotopic (exact) mass is 246 g/mol. The SMILES string of the molecule is CCNC1CCCC1CN(CC)c1ccccc1. The Morgan fingerprint density at radius 3 is 2.61 bits per heavy atom. The van der Waals surface area contributed by atoms with Crippen molar-refractivity contribution in [2.24, 2.45) is 5.92 Å². The Morgan fingerprint density at radius 1 is 1.17 bits per heavy atom. The van der Waals surface area contributed by atoms with Crippen molar-refractivity contribution >= 4 is 5.69 Å². The molecule has 0 heterocycles. The number of para-hydroxylation sites is 1. The third-order valence-corrected chi connectivity index (χ3v) is 4.08. The minimum Gasteiger partial charge on any atom is -0.371 e. The van der Waals surface area contributed by atoms with Gasteiger partial charge in [-0.3, -0.25) is 0 Å². The third kappa shape index (κ3) is 3.26. The summed E-state index contributed by atoms with van der Waals surface area (Å²) >= 11 is 0. The molecule has 1 N–H and O–H groups in total. The van der Waals surface area contributed by atoms with Crippen LogP contribution in [0, 0.1) is 5.92 Å². The van der Waals surface area contributed by atoms with Crippen LogP contribution < -0.4 is 10.2 Å². The van der Waals surface area contributed by atoms with Crippen molar-refractivity contribution in [1.29, 1.82) is 0 Å². The van der Waals surface area contributed by atoms with Crippen molar-refractivity contribution in [3.63, 3.8) is 0 Å². The van der Waals surface area contributed by atoms with Crippen LogP contribution >= 0.6 is 0 Å². The minimum atomic E-state index is 0.729. The molecule has 1 fully saturated rings. The van der Waals surface area contributed by atoms with E-state index in [1.165, 1.54) is 31.5 Å². The van der Waals surface area contributed by atoms with E-state index < -0.39 is 0 Å². The first kappa shape index (κ1) is 13.4. The molecule has 2 unspecified atom stereocenters. The van der Waals surface area contributed by atoms with Crippen molar-refractivity contribution in [3.05, 3.63) is 30.3 Å². The molecule has 2 heteroatoms. The summed E-state index contributed by atoms with van der Waals surface area (Å²) in [5.41, 5.74) is 1.36.